The molecule has 3 aromatic rings. The summed E-state index contributed by atoms with van der Waals surface area (Å²) in [6.07, 6.45) is -0.932. The van der Waals surface area contributed by atoms with Crippen LogP contribution in [0.3, 0.4) is 0 Å². The molecule has 0 aliphatic heterocycles. The molecule has 0 heterocycles. The zero-order chi connectivity index (χ0) is 20.8. The summed E-state index contributed by atoms with van der Waals surface area (Å²) in [5.74, 6) is 0.172. The number of amides is 1. The first-order chi connectivity index (χ1) is 13.9. The van der Waals surface area contributed by atoms with Gasteiger partial charge in [-0.2, -0.15) is 0 Å². The molecular formula is C24H25NO4. The van der Waals surface area contributed by atoms with E-state index in [9.17, 15) is 9.59 Å². The van der Waals surface area contributed by atoms with Crippen molar-refractivity contribution in [2.45, 2.75) is 26.9 Å². The second-order valence-electron chi connectivity index (χ2n) is 7.29. The highest BCUT2D eigenvalue weighted by molar-refractivity contribution is 6.04. The van der Waals surface area contributed by atoms with Gasteiger partial charge in [-0.25, -0.2) is 4.79 Å². The Kier molecular flexibility index (Phi) is 6.50. The van der Waals surface area contributed by atoms with Gasteiger partial charge in [0.05, 0.1) is 12.2 Å². The van der Waals surface area contributed by atoms with Crippen LogP contribution in [0.15, 0.2) is 66.7 Å². The maximum absolute atomic E-state index is 12.5. The molecule has 0 radical (unpaired) electrons. The summed E-state index contributed by atoms with van der Waals surface area (Å²) in [6, 6.07) is 20.1. The van der Waals surface area contributed by atoms with Gasteiger partial charge in [-0.15, -0.1) is 0 Å². The van der Waals surface area contributed by atoms with Crippen molar-refractivity contribution in [2.24, 2.45) is 5.92 Å². The van der Waals surface area contributed by atoms with Crippen molar-refractivity contribution in [3.8, 4) is 5.75 Å². The first-order valence-corrected chi connectivity index (χ1v) is 9.66. The molecule has 3 aromatic carbocycles. The standard InChI is InChI=1S/C24H25NO4/c1-16(2)15-28-20-13-11-19(12-14-20)24(27)29-17(3)23(26)25-22-10-6-8-18-7-4-5-9-21(18)22/h4-14,16-17H,15H2,1-3H3,(H,25,26)/t17-/m1/s1. The minimum Gasteiger partial charge on any atom is -0.493 e. The third-order valence-corrected chi connectivity index (χ3v) is 4.37. The molecule has 0 saturated heterocycles. The number of rotatable bonds is 7. The number of hydrogen-bond donors (Lipinski definition) is 1. The number of esters is 1. The summed E-state index contributed by atoms with van der Waals surface area (Å²) in [7, 11) is 0. The van der Waals surface area contributed by atoms with Crippen molar-refractivity contribution in [1.82, 2.24) is 0 Å². The van der Waals surface area contributed by atoms with Gasteiger partial charge in [0.2, 0.25) is 0 Å². The van der Waals surface area contributed by atoms with Crippen LogP contribution in [0, 0.1) is 5.92 Å². The fraction of sp³-hybridized carbons (Fsp3) is 0.250. The summed E-state index contributed by atoms with van der Waals surface area (Å²) in [6.45, 7) is 6.29. The van der Waals surface area contributed by atoms with E-state index in [1.807, 2.05) is 42.5 Å². The van der Waals surface area contributed by atoms with Gasteiger partial charge in [-0.1, -0.05) is 50.2 Å². The normalized spacial score (nSPS) is 11.9. The van der Waals surface area contributed by atoms with Crippen molar-refractivity contribution >= 4 is 28.3 Å². The third-order valence-electron chi connectivity index (χ3n) is 4.37. The van der Waals surface area contributed by atoms with E-state index in [-0.39, 0.29) is 5.91 Å². The van der Waals surface area contributed by atoms with Crippen LogP contribution in [0.4, 0.5) is 5.69 Å². The third kappa shape index (κ3) is 5.35. The zero-order valence-electron chi connectivity index (χ0n) is 16.8. The molecule has 3 rings (SSSR count). The lowest BCUT2D eigenvalue weighted by Crippen LogP contribution is -2.30. The summed E-state index contributed by atoms with van der Waals surface area (Å²) in [4.78, 5) is 24.9. The second kappa shape index (κ2) is 9.24. The molecule has 1 N–H and O–H groups in total. The van der Waals surface area contributed by atoms with E-state index in [1.54, 1.807) is 31.2 Å². The molecule has 0 fully saturated rings. The van der Waals surface area contributed by atoms with Gasteiger partial charge < -0.3 is 14.8 Å². The first-order valence-electron chi connectivity index (χ1n) is 9.66. The number of hydrogen-bond acceptors (Lipinski definition) is 4. The fourth-order valence-electron chi connectivity index (χ4n) is 2.80. The monoisotopic (exact) mass is 391 g/mol. The van der Waals surface area contributed by atoms with E-state index in [0.29, 0.717) is 29.5 Å². The van der Waals surface area contributed by atoms with E-state index in [0.717, 1.165) is 10.8 Å². The van der Waals surface area contributed by atoms with Crippen LogP contribution >= 0.6 is 0 Å². The maximum Gasteiger partial charge on any atom is 0.338 e. The topological polar surface area (TPSA) is 64.6 Å². The lowest BCUT2D eigenvalue weighted by atomic mass is 10.1. The Morgan fingerprint density at radius 1 is 0.897 bits per heavy atom. The molecule has 1 amide bonds. The van der Waals surface area contributed by atoms with Crippen molar-refractivity contribution in [1.29, 1.82) is 0 Å². The Morgan fingerprint density at radius 2 is 1.59 bits per heavy atom. The highest BCUT2D eigenvalue weighted by atomic mass is 16.5. The molecule has 0 aromatic heterocycles. The van der Waals surface area contributed by atoms with Gasteiger partial charge >= 0.3 is 5.97 Å². The number of anilines is 1. The van der Waals surface area contributed by atoms with E-state index in [2.05, 4.69) is 19.2 Å². The van der Waals surface area contributed by atoms with Crippen LogP contribution in [0.1, 0.15) is 31.1 Å². The number of ether oxygens (including phenoxy) is 2. The molecule has 29 heavy (non-hydrogen) atoms. The molecule has 0 unspecified atom stereocenters. The van der Waals surface area contributed by atoms with Crippen LogP contribution < -0.4 is 10.1 Å². The number of nitrogens with one attached hydrogen (secondary N) is 1. The van der Waals surface area contributed by atoms with Crippen molar-refractivity contribution in [3.63, 3.8) is 0 Å². The van der Waals surface area contributed by atoms with Crippen LogP contribution in [-0.4, -0.2) is 24.6 Å². The van der Waals surface area contributed by atoms with Crippen LogP contribution in [0.2, 0.25) is 0 Å². The molecule has 0 aliphatic rings. The molecule has 1 atom stereocenters. The zero-order valence-corrected chi connectivity index (χ0v) is 16.8. The summed E-state index contributed by atoms with van der Waals surface area (Å²) in [5, 5.41) is 4.79. The average Bonchev–Trinajstić information content (AvgIpc) is 2.72. The Balaban J connectivity index is 1.61. The van der Waals surface area contributed by atoms with E-state index >= 15 is 0 Å². The van der Waals surface area contributed by atoms with Crippen LogP contribution in [0.5, 0.6) is 5.75 Å². The first kappa shape index (κ1) is 20.4. The Hall–Kier alpha value is -3.34. The highest BCUT2D eigenvalue weighted by Gasteiger charge is 2.19. The summed E-state index contributed by atoms with van der Waals surface area (Å²) >= 11 is 0. The second-order valence-corrected chi connectivity index (χ2v) is 7.29. The van der Waals surface area contributed by atoms with Crippen molar-refractivity contribution in [3.05, 3.63) is 72.3 Å². The quantitative estimate of drug-likeness (QED) is 0.572. The smallest absolute Gasteiger partial charge is 0.338 e. The summed E-state index contributed by atoms with van der Waals surface area (Å²) in [5.41, 5.74) is 1.05. The molecule has 0 saturated carbocycles. The minimum atomic E-state index is -0.932. The van der Waals surface area contributed by atoms with E-state index < -0.39 is 12.1 Å². The molecular weight excluding hydrogens is 366 g/mol. The highest BCUT2D eigenvalue weighted by Crippen LogP contribution is 2.23. The molecule has 5 nitrogen and oxygen atoms in total. The number of fused-ring (bicyclic) bond motifs is 1. The van der Waals surface area contributed by atoms with Gasteiger partial charge in [-0.05, 0) is 48.6 Å². The molecule has 0 bridgehead atoms. The SMILES string of the molecule is CC(C)COc1ccc(C(=O)O[C@H](C)C(=O)Nc2cccc3ccccc23)cc1. The fourth-order valence-corrected chi connectivity index (χ4v) is 2.80. The predicted molar refractivity (Wildman–Crippen MR) is 114 cm³/mol. The number of benzene rings is 3. The maximum atomic E-state index is 12.5. The van der Waals surface area contributed by atoms with Crippen molar-refractivity contribution < 1.29 is 19.1 Å². The number of carbonyl (C=O) groups excluding carboxylic acids is 2. The molecule has 0 spiro atoms. The summed E-state index contributed by atoms with van der Waals surface area (Å²) < 4.78 is 10.9. The lowest BCUT2D eigenvalue weighted by molar-refractivity contribution is -0.123. The Morgan fingerprint density at radius 3 is 2.31 bits per heavy atom. The minimum absolute atomic E-state index is 0.367. The largest absolute Gasteiger partial charge is 0.493 e. The van der Waals surface area contributed by atoms with E-state index in [4.69, 9.17) is 9.47 Å². The van der Waals surface area contributed by atoms with Gasteiger partial charge in [0.1, 0.15) is 5.75 Å². The lowest BCUT2D eigenvalue weighted by Gasteiger charge is -2.15. The number of carbonyl (C=O) groups is 2. The van der Waals surface area contributed by atoms with Crippen molar-refractivity contribution in [2.75, 3.05) is 11.9 Å². The van der Waals surface area contributed by atoms with Crippen LogP contribution in [0.25, 0.3) is 10.8 Å². The van der Waals surface area contributed by atoms with E-state index in [1.165, 1.54) is 0 Å². The van der Waals surface area contributed by atoms with Crippen LogP contribution in [-0.2, 0) is 9.53 Å². The molecule has 5 heteroatoms. The average molecular weight is 391 g/mol. The van der Waals surface area contributed by atoms with Gasteiger partial charge in [0.15, 0.2) is 6.10 Å². The Bertz CT molecular complexity index is 990. The predicted octanol–water partition coefficient (Wildman–Crippen LogP) is 5.06. The van der Waals surface area contributed by atoms with Gasteiger partial charge in [0, 0.05) is 11.1 Å². The molecule has 150 valence electrons. The molecule has 0 aliphatic carbocycles. The van der Waals surface area contributed by atoms with Gasteiger partial charge in [-0.3, -0.25) is 4.79 Å². The Labute approximate surface area is 170 Å². The van der Waals surface area contributed by atoms with Gasteiger partial charge in [0.25, 0.3) is 5.91 Å².